The van der Waals surface area contributed by atoms with Gasteiger partial charge in [0.2, 0.25) is 0 Å². The third-order valence-corrected chi connectivity index (χ3v) is 5.18. The molecule has 3 rings (SSSR count). The molecule has 0 unspecified atom stereocenters. The lowest BCUT2D eigenvalue weighted by Gasteiger charge is -2.09. The minimum atomic E-state index is -0.216. The van der Waals surface area contributed by atoms with Gasteiger partial charge < -0.3 is 5.32 Å². The number of aryl methyl sites for hydroxylation is 2. The summed E-state index contributed by atoms with van der Waals surface area (Å²) >= 11 is 1.49. The van der Waals surface area contributed by atoms with E-state index in [1.807, 2.05) is 12.1 Å². The van der Waals surface area contributed by atoms with Crippen molar-refractivity contribution >= 4 is 23.5 Å². The summed E-state index contributed by atoms with van der Waals surface area (Å²) in [6.07, 6.45) is 1.70. The fourth-order valence-corrected chi connectivity index (χ4v) is 3.39. The topological polar surface area (TPSA) is 70.7 Å². The Hall–Kier alpha value is -2.60. The number of hydrogen-bond donors (Lipinski definition) is 2. The average molecular weight is 366 g/mol. The number of nitrogens with one attached hydrogen (secondary N) is 2. The van der Waals surface area contributed by atoms with E-state index >= 15 is 0 Å². The van der Waals surface area contributed by atoms with E-state index in [9.17, 15) is 4.79 Å². The molecule has 0 fully saturated rings. The Morgan fingerprint density at radius 2 is 1.96 bits per heavy atom. The van der Waals surface area contributed by atoms with Gasteiger partial charge in [-0.25, -0.2) is 4.98 Å². The van der Waals surface area contributed by atoms with Crippen LogP contribution in [-0.4, -0.2) is 21.1 Å². The molecule has 0 bridgehead atoms. The number of nitrogens with zero attached hydrogens (tertiary/aromatic N) is 2. The van der Waals surface area contributed by atoms with E-state index in [1.54, 1.807) is 18.3 Å². The highest BCUT2D eigenvalue weighted by Gasteiger charge is 2.15. The van der Waals surface area contributed by atoms with E-state index in [1.165, 1.54) is 22.9 Å². The number of benzene rings is 1. The van der Waals surface area contributed by atoms with Gasteiger partial charge in [-0.15, -0.1) is 0 Å². The van der Waals surface area contributed by atoms with Crippen LogP contribution in [0.2, 0.25) is 0 Å². The van der Waals surface area contributed by atoms with E-state index in [2.05, 4.69) is 60.3 Å². The molecule has 0 aliphatic heterocycles. The molecule has 0 aliphatic carbocycles. The number of hydrogen-bond acceptors (Lipinski definition) is 4. The van der Waals surface area contributed by atoms with Crippen molar-refractivity contribution < 1.29 is 4.79 Å². The first-order chi connectivity index (χ1) is 12.4. The van der Waals surface area contributed by atoms with Crippen molar-refractivity contribution in [3.8, 4) is 0 Å². The van der Waals surface area contributed by atoms with Crippen LogP contribution in [0.25, 0.3) is 0 Å². The molecule has 2 N–H and O–H groups in total. The summed E-state index contributed by atoms with van der Waals surface area (Å²) in [5, 5.41) is 10.6. The molecule has 26 heavy (non-hydrogen) atoms. The SMILES string of the molecule is Cc1ccc(Sc2ncccc2C(=O)Nc2cc(C(C)C)[nH]n2)cc1C. The van der Waals surface area contributed by atoms with Gasteiger partial charge in [0.1, 0.15) is 5.03 Å². The van der Waals surface area contributed by atoms with Crippen LogP contribution in [0, 0.1) is 13.8 Å². The highest BCUT2D eigenvalue weighted by atomic mass is 32.2. The van der Waals surface area contributed by atoms with Gasteiger partial charge in [-0.2, -0.15) is 5.10 Å². The predicted molar refractivity (Wildman–Crippen MR) is 105 cm³/mol. The van der Waals surface area contributed by atoms with Crippen molar-refractivity contribution in [1.82, 2.24) is 15.2 Å². The summed E-state index contributed by atoms with van der Waals surface area (Å²) < 4.78 is 0. The van der Waals surface area contributed by atoms with Crippen LogP contribution in [0.3, 0.4) is 0 Å². The molecule has 0 aliphatic rings. The normalized spacial score (nSPS) is 11.0. The second-order valence-electron chi connectivity index (χ2n) is 6.52. The van der Waals surface area contributed by atoms with Gasteiger partial charge in [-0.1, -0.05) is 31.7 Å². The molecule has 0 radical (unpaired) electrons. The largest absolute Gasteiger partial charge is 0.305 e. The fraction of sp³-hybridized carbons (Fsp3) is 0.250. The third-order valence-electron chi connectivity index (χ3n) is 4.17. The third kappa shape index (κ3) is 4.14. The van der Waals surface area contributed by atoms with Gasteiger partial charge in [0.05, 0.1) is 5.56 Å². The Morgan fingerprint density at radius 1 is 1.15 bits per heavy atom. The van der Waals surface area contributed by atoms with Gasteiger partial charge in [0.15, 0.2) is 5.82 Å². The highest BCUT2D eigenvalue weighted by Crippen LogP contribution is 2.30. The first-order valence-electron chi connectivity index (χ1n) is 8.51. The number of aromatic amines is 1. The maximum Gasteiger partial charge on any atom is 0.259 e. The zero-order valence-corrected chi connectivity index (χ0v) is 16.1. The Balaban J connectivity index is 1.81. The molecular weight excluding hydrogens is 344 g/mol. The lowest BCUT2D eigenvalue weighted by Crippen LogP contribution is -2.13. The number of anilines is 1. The second kappa shape index (κ2) is 7.74. The van der Waals surface area contributed by atoms with Crippen LogP contribution in [0.1, 0.15) is 46.9 Å². The molecule has 2 aromatic heterocycles. The number of carbonyl (C=O) groups excluding carboxylic acids is 1. The number of H-pyrrole nitrogens is 1. The molecule has 5 nitrogen and oxygen atoms in total. The minimum Gasteiger partial charge on any atom is -0.305 e. The first-order valence-corrected chi connectivity index (χ1v) is 9.32. The fourth-order valence-electron chi connectivity index (χ4n) is 2.41. The summed E-state index contributed by atoms with van der Waals surface area (Å²) in [6, 6.07) is 11.6. The summed E-state index contributed by atoms with van der Waals surface area (Å²) in [6.45, 7) is 8.30. The van der Waals surface area contributed by atoms with Crippen molar-refractivity contribution in [2.75, 3.05) is 5.32 Å². The smallest absolute Gasteiger partial charge is 0.259 e. The Bertz CT molecular complexity index is 933. The van der Waals surface area contributed by atoms with Gasteiger partial charge in [0.25, 0.3) is 5.91 Å². The van der Waals surface area contributed by atoms with Crippen molar-refractivity contribution in [1.29, 1.82) is 0 Å². The van der Waals surface area contributed by atoms with Gasteiger partial charge in [-0.3, -0.25) is 9.89 Å². The monoisotopic (exact) mass is 366 g/mol. The highest BCUT2D eigenvalue weighted by molar-refractivity contribution is 7.99. The van der Waals surface area contributed by atoms with E-state index in [0.29, 0.717) is 22.3 Å². The van der Waals surface area contributed by atoms with Crippen LogP contribution >= 0.6 is 11.8 Å². The number of rotatable bonds is 5. The molecule has 6 heteroatoms. The molecule has 0 spiro atoms. The Morgan fingerprint density at radius 3 is 2.65 bits per heavy atom. The molecule has 0 saturated carbocycles. The maximum atomic E-state index is 12.7. The zero-order valence-electron chi connectivity index (χ0n) is 15.3. The summed E-state index contributed by atoms with van der Waals surface area (Å²) in [5.74, 6) is 0.623. The molecular formula is C20H22N4OS. The molecule has 0 atom stereocenters. The maximum absolute atomic E-state index is 12.7. The summed E-state index contributed by atoms with van der Waals surface area (Å²) in [5.41, 5.74) is 3.98. The number of pyridine rings is 1. The standard InChI is InChI=1S/C20H22N4OS/c1-12(2)17-11-18(24-23-17)22-19(25)16-6-5-9-21-20(16)26-15-8-7-13(3)14(4)10-15/h5-12H,1-4H3,(H2,22,23,24,25). The quantitative estimate of drug-likeness (QED) is 0.670. The second-order valence-corrected chi connectivity index (χ2v) is 7.58. The van der Waals surface area contributed by atoms with Gasteiger partial charge in [0, 0.05) is 22.9 Å². The number of carbonyl (C=O) groups is 1. The van der Waals surface area contributed by atoms with E-state index in [0.717, 1.165) is 10.6 Å². The van der Waals surface area contributed by atoms with Crippen LogP contribution in [-0.2, 0) is 0 Å². The first kappa shape index (κ1) is 18.2. The van der Waals surface area contributed by atoms with Crippen molar-refractivity contribution in [2.45, 2.75) is 43.5 Å². The van der Waals surface area contributed by atoms with Crippen LogP contribution in [0.5, 0.6) is 0 Å². The Labute approximate surface area is 157 Å². The van der Waals surface area contributed by atoms with Crippen molar-refractivity contribution in [3.63, 3.8) is 0 Å². The van der Waals surface area contributed by atoms with E-state index in [-0.39, 0.29) is 5.91 Å². The van der Waals surface area contributed by atoms with Gasteiger partial charge in [-0.05, 0) is 55.2 Å². The molecule has 1 aromatic carbocycles. The lowest BCUT2D eigenvalue weighted by molar-refractivity contribution is 0.102. The van der Waals surface area contributed by atoms with E-state index in [4.69, 9.17) is 0 Å². The summed E-state index contributed by atoms with van der Waals surface area (Å²) in [4.78, 5) is 18.2. The zero-order chi connectivity index (χ0) is 18.7. The molecule has 2 heterocycles. The Kier molecular flexibility index (Phi) is 5.42. The number of aromatic nitrogens is 3. The summed E-state index contributed by atoms with van der Waals surface area (Å²) in [7, 11) is 0. The molecule has 0 saturated heterocycles. The van der Waals surface area contributed by atoms with Crippen LogP contribution in [0.4, 0.5) is 5.82 Å². The van der Waals surface area contributed by atoms with Crippen molar-refractivity contribution in [3.05, 3.63) is 65.0 Å². The minimum absolute atomic E-state index is 0.216. The van der Waals surface area contributed by atoms with Crippen LogP contribution < -0.4 is 5.32 Å². The molecule has 1 amide bonds. The number of amides is 1. The average Bonchev–Trinajstić information content (AvgIpc) is 3.07. The van der Waals surface area contributed by atoms with Crippen LogP contribution in [0.15, 0.2) is 52.5 Å². The van der Waals surface area contributed by atoms with Crippen molar-refractivity contribution in [2.24, 2.45) is 0 Å². The van der Waals surface area contributed by atoms with Gasteiger partial charge >= 0.3 is 0 Å². The predicted octanol–water partition coefficient (Wildman–Crippen LogP) is 4.95. The molecule has 3 aromatic rings. The van der Waals surface area contributed by atoms with E-state index < -0.39 is 0 Å². The lowest BCUT2D eigenvalue weighted by atomic mass is 10.1. The molecule has 134 valence electrons.